The Morgan fingerprint density at radius 1 is 1.00 bits per heavy atom. The van der Waals surface area contributed by atoms with Crippen LogP contribution in [-0.2, 0) is 0 Å². The van der Waals surface area contributed by atoms with Crippen LogP contribution in [0.4, 0.5) is 23.1 Å². The van der Waals surface area contributed by atoms with Crippen molar-refractivity contribution in [2.45, 2.75) is 6.92 Å². The fourth-order valence-electron chi connectivity index (χ4n) is 2.14. The quantitative estimate of drug-likeness (QED) is 0.626. The number of nitrogens with one attached hydrogen (secondary N) is 2. The zero-order valence-corrected chi connectivity index (χ0v) is 14.8. The normalized spacial score (nSPS) is 10.4. The maximum absolute atomic E-state index is 6.15. The molecule has 2 aromatic carbocycles. The molecular weight excluding hydrogens is 361 g/mol. The third kappa shape index (κ3) is 4.29. The summed E-state index contributed by atoms with van der Waals surface area (Å²) in [4.78, 5) is 4.38. The van der Waals surface area contributed by atoms with Gasteiger partial charge in [0.05, 0.1) is 34.2 Å². The van der Waals surface area contributed by atoms with Gasteiger partial charge in [-0.05, 0) is 31.2 Å². The van der Waals surface area contributed by atoms with Gasteiger partial charge in [-0.3, -0.25) is 0 Å². The van der Waals surface area contributed by atoms with E-state index in [1.807, 2.05) is 31.2 Å². The molecule has 3 aromatic rings. The molecule has 2 N–H and O–H groups in total. The Morgan fingerprint density at radius 2 is 1.76 bits per heavy atom. The highest BCUT2D eigenvalue weighted by Gasteiger charge is 2.09. The van der Waals surface area contributed by atoms with Crippen LogP contribution in [0.1, 0.15) is 6.92 Å². The van der Waals surface area contributed by atoms with E-state index in [1.54, 1.807) is 18.2 Å². The van der Waals surface area contributed by atoms with Crippen LogP contribution < -0.4 is 15.4 Å². The first kappa shape index (κ1) is 17.3. The number of para-hydroxylation sites is 3. The van der Waals surface area contributed by atoms with E-state index in [9.17, 15) is 0 Å². The molecule has 25 heavy (non-hydrogen) atoms. The van der Waals surface area contributed by atoms with Crippen molar-refractivity contribution in [2.24, 2.45) is 0 Å². The summed E-state index contributed by atoms with van der Waals surface area (Å²) in [6, 6.07) is 12.8. The Morgan fingerprint density at radius 3 is 2.52 bits per heavy atom. The smallest absolute Gasteiger partial charge is 0.249 e. The Labute approximate surface area is 155 Å². The second kappa shape index (κ2) is 8.00. The zero-order valence-electron chi connectivity index (χ0n) is 13.3. The number of halogens is 2. The highest BCUT2D eigenvalue weighted by Crippen LogP contribution is 2.32. The predicted molar refractivity (Wildman–Crippen MR) is 100 cm³/mol. The fourth-order valence-corrected chi connectivity index (χ4v) is 2.63. The Kier molecular flexibility index (Phi) is 5.53. The van der Waals surface area contributed by atoms with Gasteiger partial charge in [-0.25, -0.2) is 0 Å². The van der Waals surface area contributed by atoms with E-state index in [0.717, 1.165) is 11.4 Å². The number of nitrogens with zero attached hydrogens (tertiary/aromatic N) is 3. The third-order valence-corrected chi connectivity index (χ3v) is 3.84. The number of hydrogen-bond donors (Lipinski definition) is 2. The first-order valence-corrected chi connectivity index (χ1v) is 8.32. The Balaban J connectivity index is 1.83. The van der Waals surface area contributed by atoms with Crippen LogP contribution in [0.15, 0.2) is 48.7 Å². The molecule has 0 aliphatic rings. The van der Waals surface area contributed by atoms with Crippen molar-refractivity contribution in [3.8, 4) is 5.75 Å². The molecule has 0 fully saturated rings. The summed E-state index contributed by atoms with van der Waals surface area (Å²) in [6.07, 6.45) is 1.52. The topological polar surface area (TPSA) is 72.0 Å². The summed E-state index contributed by atoms with van der Waals surface area (Å²) >= 11 is 12.3. The second-order valence-electron chi connectivity index (χ2n) is 4.94. The fraction of sp³-hybridized carbons (Fsp3) is 0.118. The van der Waals surface area contributed by atoms with Crippen LogP contribution >= 0.6 is 23.2 Å². The van der Waals surface area contributed by atoms with Crippen molar-refractivity contribution in [1.29, 1.82) is 0 Å². The molecule has 0 spiro atoms. The van der Waals surface area contributed by atoms with Crippen molar-refractivity contribution in [1.82, 2.24) is 15.2 Å². The highest BCUT2D eigenvalue weighted by molar-refractivity contribution is 6.39. The van der Waals surface area contributed by atoms with Crippen LogP contribution in [0, 0.1) is 0 Å². The Bertz CT molecular complexity index is 855. The van der Waals surface area contributed by atoms with Crippen molar-refractivity contribution < 1.29 is 4.74 Å². The lowest BCUT2D eigenvalue weighted by molar-refractivity contribution is 0.342. The van der Waals surface area contributed by atoms with Crippen LogP contribution in [0.2, 0.25) is 10.0 Å². The number of aromatic nitrogens is 3. The highest BCUT2D eigenvalue weighted by atomic mass is 35.5. The summed E-state index contributed by atoms with van der Waals surface area (Å²) in [7, 11) is 0. The minimum atomic E-state index is 0.272. The summed E-state index contributed by atoms with van der Waals surface area (Å²) in [5.41, 5.74) is 1.31. The molecule has 0 aliphatic carbocycles. The van der Waals surface area contributed by atoms with E-state index < -0.39 is 0 Å². The maximum atomic E-state index is 6.15. The molecule has 6 nitrogen and oxygen atoms in total. The van der Waals surface area contributed by atoms with Crippen LogP contribution in [0.5, 0.6) is 5.75 Å². The molecule has 8 heteroatoms. The Hall–Kier alpha value is -2.57. The van der Waals surface area contributed by atoms with E-state index in [4.69, 9.17) is 27.9 Å². The summed E-state index contributed by atoms with van der Waals surface area (Å²) in [6.45, 7) is 2.50. The molecule has 1 aromatic heterocycles. The lowest BCUT2D eigenvalue weighted by atomic mass is 10.3. The van der Waals surface area contributed by atoms with Gasteiger partial charge in [0.2, 0.25) is 5.95 Å². The van der Waals surface area contributed by atoms with E-state index in [1.165, 1.54) is 6.20 Å². The molecule has 0 amide bonds. The number of anilines is 4. The molecule has 0 aliphatic heterocycles. The predicted octanol–water partition coefficient (Wildman–Crippen LogP) is 5.06. The van der Waals surface area contributed by atoms with Crippen molar-refractivity contribution in [3.05, 3.63) is 58.7 Å². The minimum Gasteiger partial charge on any atom is -0.492 e. The average molecular weight is 376 g/mol. The van der Waals surface area contributed by atoms with E-state index in [2.05, 4.69) is 25.8 Å². The maximum Gasteiger partial charge on any atom is 0.249 e. The molecular formula is C17H15Cl2N5O. The average Bonchev–Trinajstić information content (AvgIpc) is 2.61. The molecule has 0 saturated carbocycles. The largest absolute Gasteiger partial charge is 0.492 e. The van der Waals surface area contributed by atoms with E-state index >= 15 is 0 Å². The molecule has 0 unspecified atom stereocenters. The summed E-state index contributed by atoms with van der Waals surface area (Å²) in [5, 5.41) is 15.0. The SMILES string of the molecule is CCOc1ccccc1Nc1cnnc(Nc2c(Cl)cccc2Cl)n1. The van der Waals surface area contributed by atoms with Gasteiger partial charge in [-0.15, -0.1) is 5.10 Å². The van der Waals surface area contributed by atoms with E-state index in [-0.39, 0.29) is 5.95 Å². The van der Waals surface area contributed by atoms with Crippen molar-refractivity contribution in [2.75, 3.05) is 17.2 Å². The third-order valence-electron chi connectivity index (χ3n) is 3.21. The molecule has 0 radical (unpaired) electrons. The van der Waals surface area contributed by atoms with Gasteiger partial charge in [-0.1, -0.05) is 41.4 Å². The molecule has 0 saturated heterocycles. The van der Waals surface area contributed by atoms with Crippen molar-refractivity contribution in [3.63, 3.8) is 0 Å². The number of benzene rings is 2. The first-order chi connectivity index (χ1) is 12.2. The monoisotopic (exact) mass is 375 g/mol. The molecule has 128 valence electrons. The zero-order chi connectivity index (χ0) is 17.6. The summed E-state index contributed by atoms with van der Waals surface area (Å²) in [5.74, 6) is 1.51. The number of ether oxygens (including phenoxy) is 1. The van der Waals surface area contributed by atoms with Gasteiger partial charge in [0.1, 0.15) is 5.75 Å². The molecule has 0 atom stereocenters. The lowest BCUT2D eigenvalue weighted by Crippen LogP contribution is -2.04. The van der Waals surface area contributed by atoms with E-state index in [0.29, 0.717) is 28.2 Å². The van der Waals surface area contributed by atoms with Gasteiger partial charge < -0.3 is 15.4 Å². The van der Waals surface area contributed by atoms with Gasteiger partial charge >= 0.3 is 0 Å². The summed E-state index contributed by atoms with van der Waals surface area (Å²) < 4.78 is 5.59. The van der Waals surface area contributed by atoms with Gasteiger partial charge in [0.15, 0.2) is 5.82 Å². The van der Waals surface area contributed by atoms with Crippen LogP contribution in [0.25, 0.3) is 0 Å². The number of hydrogen-bond acceptors (Lipinski definition) is 6. The first-order valence-electron chi connectivity index (χ1n) is 7.57. The molecule has 0 bridgehead atoms. The van der Waals surface area contributed by atoms with Crippen molar-refractivity contribution >= 4 is 46.3 Å². The number of rotatable bonds is 6. The van der Waals surface area contributed by atoms with Gasteiger partial charge in [0, 0.05) is 0 Å². The van der Waals surface area contributed by atoms with Gasteiger partial charge in [-0.2, -0.15) is 10.1 Å². The van der Waals surface area contributed by atoms with Gasteiger partial charge in [0.25, 0.3) is 0 Å². The lowest BCUT2D eigenvalue weighted by Gasteiger charge is -2.12. The van der Waals surface area contributed by atoms with Crippen LogP contribution in [-0.4, -0.2) is 21.8 Å². The minimum absolute atomic E-state index is 0.272. The standard InChI is InChI=1S/C17H15Cl2N5O/c1-2-25-14-9-4-3-8-13(14)21-15-10-20-24-17(22-15)23-16-11(18)6-5-7-12(16)19/h3-10H,2H2,1H3,(H2,21,22,23,24). The molecule has 3 rings (SSSR count). The molecule has 1 heterocycles. The van der Waals surface area contributed by atoms with Crippen LogP contribution in [0.3, 0.4) is 0 Å². The second-order valence-corrected chi connectivity index (χ2v) is 5.76.